The van der Waals surface area contributed by atoms with Crippen molar-refractivity contribution in [2.45, 2.75) is 6.04 Å². The van der Waals surface area contributed by atoms with Gasteiger partial charge in [0.15, 0.2) is 0 Å². The molecule has 6 rings (SSSR count). The fourth-order valence-electron chi connectivity index (χ4n) is 4.98. The quantitative estimate of drug-likeness (QED) is 0.253. The molecule has 1 aromatic heterocycles. The van der Waals surface area contributed by atoms with Crippen molar-refractivity contribution in [3.05, 3.63) is 132 Å². The summed E-state index contributed by atoms with van der Waals surface area (Å²) in [5.74, 6) is 1.69. The summed E-state index contributed by atoms with van der Waals surface area (Å²) in [4.78, 5) is 19.1. The Hall–Kier alpha value is -4.75. The second-order valence-corrected chi connectivity index (χ2v) is 9.51. The lowest BCUT2D eigenvalue weighted by molar-refractivity contribution is 0.211. The molecule has 39 heavy (non-hydrogen) atoms. The summed E-state index contributed by atoms with van der Waals surface area (Å²) in [5, 5.41) is 6.68. The first-order valence-electron chi connectivity index (χ1n) is 13.3. The van der Waals surface area contributed by atoms with E-state index in [1.165, 1.54) is 11.1 Å². The lowest BCUT2D eigenvalue weighted by Gasteiger charge is -2.39. The van der Waals surface area contributed by atoms with Gasteiger partial charge in [0, 0.05) is 37.6 Å². The molecule has 1 aliphatic heterocycles. The van der Waals surface area contributed by atoms with Crippen LogP contribution in [0.5, 0.6) is 0 Å². The maximum Gasteiger partial charge on any atom is 0.233 e. The van der Waals surface area contributed by atoms with Crippen molar-refractivity contribution in [3.8, 4) is 0 Å². The van der Waals surface area contributed by atoms with Crippen LogP contribution < -0.4 is 15.5 Å². The van der Waals surface area contributed by atoms with Gasteiger partial charge in [-0.05, 0) is 35.4 Å². The molecule has 5 aromatic rings. The molecule has 1 fully saturated rings. The number of nitrogens with one attached hydrogen (secondary N) is 2. The largest absolute Gasteiger partial charge is 0.338 e. The van der Waals surface area contributed by atoms with Crippen molar-refractivity contribution >= 4 is 29.2 Å². The lowest BCUT2D eigenvalue weighted by atomic mass is 9.96. The molecule has 1 aliphatic rings. The van der Waals surface area contributed by atoms with E-state index in [0.717, 1.165) is 37.6 Å². The summed E-state index contributed by atoms with van der Waals surface area (Å²) in [6.07, 6.45) is 0. The van der Waals surface area contributed by atoms with Gasteiger partial charge in [0.25, 0.3) is 0 Å². The molecule has 2 N–H and O–H groups in total. The van der Waals surface area contributed by atoms with Gasteiger partial charge in [-0.1, -0.05) is 97.1 Å². The minimum atomic E-state index is 0.207. The van der Waals surface area contributed by atoms with E-state index in [2.05, 4.69) is 86.1 Å². The molecule has 4 aromatic carbocycles. The second-order valence-electron chi connectivity index (χ2n) is 9.51. The first-order chi connectivity index (χ1) is 19.3. The van der Waals surface area contributed by atoms with Crippen LogP contribution in [0.3, 0.4) is 0 Å². The molecule has 0 spiro atoms. The monoisotopic (exact) mass is 513 g/mol. The average Bonchev–Trinajstić information content (AvgIpc) is 3.00. The van der Waals surface area contributed by atoms with Gasteiger partial charge in [-0.2, -0.15) is 15.0 Å². The van der Waals surface area contributed by atoms with Crippen LogP contribution in [0, 0.1) is 0 Å². The van der Waals surface area contributed by atoms with Crippen molar-refractivity contribution in [1.82, 2.24) is 19.9 Å². The van der Waals surface area contributed by atoms with E-state index in [0.29, 0.717) is 17.8 Å². The summed E-state index contributed by atoms with van der Waals surface area (Å²) < 4.78 is 0. The van der Waals surface area contributed by atoms with E-state index in [-0.39, 0.29) is 6.04 Å². The molecule has 0 atom stereocenters. The Labute approximate surface area is 229 Å². The zero-order valence-electron chi connectivity index (χ0n) is 21.7. The van der Waals surface area contributed by atoms with Crippen LogP contribution in [0.4, 0.5) is 29.2 Å². The van der Waals surface area contributed by atoms with E-state index in [1.54, 1.807) is 0 Å². The Morgan fingerprint density at radius 3 is 1.33 bits per heavy atom. The molecule has 0 radical (unpaired) electrons. The zero-order valence-corrected chi connectivity index (χ0v) is 21.7. The van der Waals surface area contributed by atoms with Gasteiger partial charge < -0.3 is 15.5 Å². The Morgan fingerprint density at radius 1 is 0.487 bits per heavy atom. The maximum absolute atomic E-state index is 4.81. The molecular formula is C32H31N7. The molecule has 0 unspecified atom stereocenters. The van der Waals surface area contributed by atoms with Crippen LogP contribution >= 0.6 is 0 Å². The first kappa shape index (κ1) is 24.6. The predicted octanol–water partition coefficient (Wildman–Crippen LogP) is 6.27. The topological polar surface area (TPSA) is 69.2 Å². The third-order valence-electron chi connectivity index (χ3n) is 6.88. The molecular weight excluding hydrogens is 482 g/mol. The number of rotatable bonds is 8. The molecule has 1 saturated heterocycles. The van der Waals surface area contributed by atoms with Crippen molar-refractivity contribution in [1.29, 1.82) is 0 Å². The molecule has 0 saturated carbocycles. The number of piperazine rings is 1. The summed E-state index contributed by atoms with van der Waals surface area (Å²) in [6, 6.07) is 41.7. The Bertz CT molecular complexity index is 1360. The number of nitrogens with zero attached hydrogens (tertiary/aromatic N) is 5. The van der Waals surface area contributed by atoms with E-state index >= 15 is 0 Å². The van der Waals surface area contributed by atoms with Gasteiger partial charge in [-0.3, -0.25) is 4.90 Å². The van der Waals surface area contributed by atoms with Crippen LogP contribution in [-0.4, -0.2) is 46.0 Å². The van der Waals surface area contributed by atoms with Crippen LogP contribution in [-0.2, 0) is 0 Å². The molecule has 194 valence electrons. The minimum Gasteiger partial charge on any atom is -0.338 e. The lowest BCUT2D eigenvalue weighted by Crippen LogP contribution is -2.48. The third-order valence-corrected chi connectivity index (χ3v) is 6.88. The highest BCUT2D eigenvalue weighted by molar-refractivity contribution is 5.59. The molecule has 0 amide bonds. The number of anilines is 5. The van der Waals surface area contributed by atoms with E-state index < -0.39 is 0 Å². The van der Waals surface area contributed by atoms with Gasteiger partial charge in [-0.25, -0.2) is 0 Å². The van der Waals surface area contributed by atoms with Crippen LogP contribution in [0.15, 0.2) is 121 Å². The van der Waals surface area contributed by atoms with Crippen LogP contribution in [0.1, 0.15) is 17.2 Å². The van der Waals surface area contributed by atoms with E-state index in [4.69, 9.17) is 9.97 Å². The van der Waals surface area contributed by atoms with Crippen molar-refractivity contribution in [2.75, 3.05) is 41.7 Å². The minimum absolute atomic E-state index is 0.207. The molecule has 0 bridgehead atoms. The third kappa shape index (κ3) is 6.05. The Kier molecular flexibility index (Phi) is 7.41. The number of aromatic nitrogens is 3. The normalized spacial score (nSPS) is 13.8. The van der Waals surface area contributed by atoms with E-state index in [9.17, 15) is 0 Å². The van der Waals surface area contributed by atoms with Gasteiger partial charge in [-0.15, -0.1) is 0 Å². The number of benzene rings is 4. The summed E-state index contributed by atoms with van der Waals surface area (Å²) in [6.45, 7) is 3.41. The highest BCUT2D eigenvalue weighted by Gasteiger charge is 2.27. The van der Waals surface area contributed by atoms with Gasteiger partial charge in [0.05, 0.1) is 6.04 Å². The van der Waals surface area contributed by atoms with Gasteiger partial charge in [0.2, 0.25) is 17.8 Å². The Balaban J connectivity index is 1.24. The van der Waals surface area contributed by atoms with Gasteiger partial charge >= 0.3 is 0 Å². The Morgan fingerprint density at radius 2 is 0.897 bits per heavy atom. The van der Waals surface area contributed by atoms with Crippen LogP contribution in [0.25, 0.3) is 0 Å². The summed E-state index contributed by atoms with van der Waals surface area (Å²) in [7, 11) is 0. The van der Waals surface area contributed by atoms with Crippen LogP contribution in [0.2, 0.25) is 0 Å². The fourth-order valence-corrected chi connectivity index (χ4v) is 4.98. The summed E-state index contributed by atoms with van der Waals surface area (Å²) in [5.41, 5.74) is 4.47. The highest BCUT2D eigenvalue weighted by Crippen LogP contribution is 2.30. The standard InChI is InChI=1S/C32H31N7/c1-5-13-25(14-6-1)29(26-15-7-2-8-16-26)38-21-23-39(24-22-38)32-36-30(33-27-17-9-3-10-18-27)35-31(37-32)34-28-19-11-4-12-20-28/h1-20,29H,21-24H2,(H2,33,34,35,36,37). The highest BCUT2D eigenvalue weighted by atomic mass is 15.4. The number of hydrogen-bond acceptors (Lipinski definition) is 7. The van der Waals surface area contributed by atoms with E-state index in [1.807, 2.05) is 60.7 Å². The molecule has 0 aliphatic carbocycles. The smallest absolute Gasteiger partial charge is 0.233 e. The second kappa shape index (κ2) is 11.8. The summed E-state index contributed by atoms with van der Waals surface area (Å²) >= 11 is 0. The van der Waals surface area contributed by atoms with Crippen molar-refractivity contribution < 1.29 is 0 Å². The number of hydrogen-bond donors (Lipinski definition) is 2. The zero-order chi connectivity index (χ0) is 26.3. The molecule has 2 heterocycles. The average molecular weight is 514 g/mol. The fraction of sp³-hybridized carbons (Fsp3) is 0.156. The van der Waals surface area contributed by atoms with Crippen molar-refractivity contribution in [3.63, 3.8) is 0 Å². The van der Waals surface area contributed by atoms with Crippen molar-refractivity contribution in [2.24, 2.45) is 0 Å². The molecule has 7 heteroatoms. The number of para-hydroxylation sites is 2. The SMILES string of the molecule is c1ccc(Nc2nc(Nc3ccccc3)nc(N3CCN(C(c4ccccc4)c4ccccc4)CC3)n2)cc1. The van der Waals surface area contributed by atoms with Gasteiger partial charge in [0.1, 0.15) is 0 Å². The molecule has 7 nitrogen and oxygen atoms in total. The predicted molar refractivity (Wildman–Crippen MR) is 158 cm³/mol. The first-order valence-corrected chi connectivity index (χ1v) is 13.3. The maximum atomic E-state index is 4.81.